The number of halogens is 4. The molecule has 3 aromatic heterocycles. The summed E-state index contributed by atoms with van der Waals surface area (Å²) in [5.74, 6) is 8.24. The molecule has 0 amide bonds. The molecule has 0 unspecified atom stereocenters. The molecule has 3 aliphatic rings. The van der Waals surface area contributed by atoms with E-state index in [1.54, 1.807) is 34.9 Å². The number of hydrogen-bond acceptors (Lipinski definition) is 9. The normalized spacial score (nSPS) is 18.9. The zero-order chi connectivity index (χ0) is 46.7. The smallest absolute Gasteiger partial charge is 0.406 e. The Labute approximate surface area is 388 Å². The lowest BCUT2D eigenvalue weighted by Gasteiger charge is -2.51. The Bertz CT molecular complexity index is 2770. The quantitative estimate of drug-likeness (QED) is 0.0818. The van der Waals surface area contributed by atoms with Crippen molar-refractivity contribution < 1.29 is 31.6 Å². The van der Waals surface area contributed by atoms with Gasteiger partial charge in [0.05, 0.1) is 42.1 Å². The predicted molar refractivity (Wildman–Crippen MR) is 253 cm³/mol. The average Bonchev–Trinajstić information content (AvgIpc) is 3.81. The maximum Gasteiger partial charge on any atom is 0.406 e. The van der Waals surface area contributed by atoms with E-state index in [2.05, 4.69) is 32.5 Å². The summed E-state index contributed by atoms with van der Waals surface area (Å²) in [4.78, 5) is 17.2. The fourth-order valence-electron chi connectivity index (χ4n) is 9.98. The highest BCUT2D eigenvalue weighted by atomic mass is 19.4. The van der Waals surface area contributed by atoms with Gasteiger partial charge in [-0.25, -0.2) is 4.39 Å². The molecule has 15 heteroatoms. The lowest BCUT2D eigenvalue weighted by molar-refractivity contribution is -0.140. The number of pyridine rings is 1. The molecular formula is C52H57F4N7O4. The number of likely N-dealkylation sites (tertiary alicyclic amines) is 2. The third kappa shape index (κ3) is 11.0. The number of benzene rings is 3. The van der Waals surface area contributed by atoms with Crippen LogP contribution in [-0.4, -0.2) is 102 Å². The van der Waals surface area contributed by atoms with Crippen molar-refractivity contribution in [2.45, 2.75) is 83.5 Å². The maximum absolute atomic E-state index is 14.8. The van der Waals surface area contributed by atoms with Gasteiger partial charge < -0.3 is 38.7 Å². The van der Waals surface area contributed by atoms with Crippen LogP contribution in [0.5, 0.6) is 11.5 Å². The van der Waals surface area contributed by atoms with E-state index in [-0.39, 0.29) is 23.9 Å². The zero-order valence-electron chi connectivity index (χ0n) is 38.2. The Hall–Kier alpha value is -6.24. The summed E-state index contributed by atoms with van der Waals surface area (Å²) in [6.07, 6.45) is 1.43. The first-order chi connectivity index (χ1) is 32.3. The molecule has 3 fully saturated rings. The summed E-state index contributed by atoms with van der Waals surface area (Å²) < 4.78 is 76.8. The number of fused-ring (bicyclic) bond motifs is 1. The summed E-state index contributed by atoms with van der Waals surface area (Å²) in [6.45, 7) is 7.72. The average molecular weight is 920 g/mol. The van der Waals surface area contributed by atoms with Gasteiger partial charge in [0.2, 0.25) is 0 Å². The lowest BCUT2D eigenvalue weighted by atomic mass is 9.61. The van der Waals surface area contributed by atoms with Crippen molar-refractivity contribution in [3.63, 3.8) is 0 Å². The summed E-state index contributed by atoms with van der Waals surface area (Å²) in [7, 11) is 1.87. The van der Waals surface area contributed by atoms with Gasteiger partial charge >= 0.3 is 6.18 Å². The standard InChI is InChI=1S/C52H57F4N7O4/c1-35-50(36(2)67-59-35)38-12-17-49(64)62(32-38)31-37-7-4-9-42(27-37)66-43-29-51(30-43)19-23-61(24-20-51)25-26-65-41-15-13-39(14-16-41)57-21-6-8-40-28-44-46(58-47-18-22-60(3)33-45(47)53)10-5-11-48(44)63(40)34-52(54,55)56/h4-5,7,9-17,27-28,32,43,45,47,57-58H,18-26,29-31,33-34H2,1-3H3/t45-,47+/m0/s1. The van der Waals surface area contributed by atoms with Crippen molar-refractivity contribution in [1.82, 2.24) is 24.1 Å². The number of nitrogens with zero attached hydrogens (tertiary/aromatic N) is 5. The van der Waals surface area contributed by atoms with E-state index in [1.165, 1.54) is 4.57 Å². The predicted octanol–water partition coefficient (Wildman–Crippen LogP) is 9.31. The van der Waals surface area contributed by atoms with Crippen LogP contribution in [0.25, 0.3) is 22.0 Å². The summed E-state index contributed by atoms with van der Waals surface area (Å²) in [6, 6.07) is 25.4. The molecular weight excluding hydrogens is 863 g/mol. The van der Waals surface area contributed by atoms with Crippen molar-refractivity contribution in [3.05, 3.63) is 124 Å². The van der Waals surface area contributed by atoms with Gasteiger partial charge in [-0.1, -0.05) is 29.3 Å². The molecule has 2 saturated heterocycles. The van der Waals surface area contributed by atoms with Gasteiger partial charge in [-0.15, -0.1) is 0 Å². The van der Waals surface area contributed by atoms with Crippen molar-refractivity contribution >= 4 is 22.3 Å². The fourth-order valence-corrected chi connectivity index (χ4v) is 9.98. The molecule has 0 radical (unpaired) electrons. The minimum absolute atomic E-state index is 0.0753. The third-order valence-electron chi connectivity index (χ3n) is 13.6. The molecule has 2 N–H and O–H groups in total. The van der Waals surface area contributed by atoms with E-state index in [9.17, 15) is 22.4 Å². The van der Waals surface area contributed by atoms with Gasteiger partial charge in [0.25, 0.3) is 5.56 Å². The largest absolute Gasteiger partial charge is 0.492 e. The maximum atomic E-state index is 14.8. The first-order valence-corrected chi connectivity index (χ1v) is 23.1. The van der Waals surface area contributed by atoms with Gasteiger partial charge in [0.1, 0.15) is 36.6 Å². The Morgan fingerprint density at radius 3 is 2.49 bits per heavy atom. The van der Waals surface area contributed by atoms with Crippen LogP contribution in [0.4, 0.5) is 28.9 Å². The minimum atomic E-state index is -4.45. The molecule has 2 atom stereocenters. The number of anilines is 2. The van der Waals surface area contributed by atoms with E-state index < -0.39 is 24.9 Å². The SMILES string of the molecule is Cc1noc(C)c1-c1ccc(=O)n(Cc2cccc(OC3CC4(CCN(CCOc5ccc(NCC#Cc6cc7c(N[C@@H]8CCN(C)C[C@@H]8F)cccc7n6CC(F)(F)F)cc5)CC4)C3)c2)c1. The summed E-state index contributed by atoms with van der Waals surface area (Å²) in [5.41, 5.74) is 5.88. The monoisotopic (exact) mass is 919 g/mol. The van der Waals surface area contributed by atoms with Crippen LogP contribution in [0.1, 0.15) is 54.8 Å². The second-order valence-corrected chi connectivity index (χ2v) is 18.5. The zero-order valence-corrected chi connectivity index (χ0v) is 38.2. The molecule has 352 valence electrons. The number of ether oxygens (including phenoxy) is 2. The van der Waals surface area contributed by atoms with Gasteiger partial charge in [-0.05, 0) is 144 Å². The van der Waals surface area contributed by atoms with Crippen LogP contribution in [0.3, 0.4) is 0 Å². The molecule has 0 bridgehead atoms. The Kier molecular flexibility index (Phi) is 13.4. The number of piperidine rings is 2. The number of alkyl halides is 4. The summed E-state index contributed by atoms with van der Waals surface area (Å²) >= 11 is 0. The number of hydrogen-bond donors (Lipinski definition) is 2. The molecule has 3 aromatic carbocycles. The Balaban J connectivity index is 0.707. The van der Waals surface area contributed by atoms with Gasteiger partial charge in [0, 0.05) is 59.8 Å². The highest BCUT2D eigenvalue weighted by molar-refractivity contribution is 5.94. The Morgan fingerprint density at radius 2 is 1.75 bits per heavy atom. The van der Waals surface area contributed by atoms with E-state index in [0.29, 0.717) is 48.1 Å². The van der Waals surface area contributed by atoms with Gasteiger partial charge in [0.15, 0.2) is 0 Å². The molecule has 1 spiro atoms. The van der Waals surface area contributed by atoms with E-state index in [4.69, 9.17) is 14.0 Å². The molecule has 67 heavy (non-hydrogen) atoms. The van der Waals surface area contributed by atoms with Crippen LogP contribution < -0.4 is 25.7 Å². The lowest BCUT2D eigenvalue weighted by Crippen LogP contribution is -2.51. The number of aryl methyl sites for hydroxylation is 2. The second kappa shape index (κ2) is 19.5. The van der Waals surface area contributed by atoms with Crippen molar-refractivity contribution in [3.8, 4) is 34.5 Å². The number of rotatable bonds is 14. The molecule has 5 heterocycles. The molecule has 2 aliphatic heterocycles. The van der Waals surface area contributed by atoms with Crippen molar-refractivity contribution in [1.29, 1.82) is 0 Å². The van der Waals surface area contributed by atoms with Crippen LogP contribution >= 0.6 is 0 Å². The van der Waals surface area contributed by atoms with Crippen LogP contribution in [0, 0.1) is 31.1 Å². The topological polar surface area (TPSA) is 102 Å². The Morgan fingerprint density at radius 1 is 0.955 bits per heavy atom. The van der Waals surface area contributed by atoms with Crippen molar-refractivity contribution in [2.75, 3.05) is 63.6 Å². The first kappa shape index (κ1) is 45.9. The first-order valence-electron chi connectivity index (χ1n) is 23.1. The summed E-state index contributed by atoms with van der Waals surface area (Å²) in [5, 5.41) is 11.1. The molecule has 1 saturated carbocycles. The van der Waals surface area contributed by atoms with Crippen molar-refractivity contribution in [2.24, 2.45) is 5.41 Å². The van der Waals surface area contributed by atoms with Gasteiger partial charge in [-0.2, -0.15) is 13.2 Å². The second-order valence-electron chi connectivity index (χ2n) is 18.5. The number of aromatic nitrogens is 3. The van der Waals surface area contributed by atoms with Gasteiger partial charge in [-0.3, -0.25) is 9.69 Å². The highest BCUT2D eigenvalue weighted by Gasteiger charge is 2.47. The fraction of sp³-hybridized carbons (Fsp3) is 0.423. The van der Waals surface area contributed by atoms with E-state index in [0.717, 1.165) is 97.2 Å². The highest BCUT2D eigenvalue weighted by Crippen LogP contribution is 2.50. The molecule has 6 aromatic rings. The van der Waals surface area contributed by atoms with Crippen LogP contribution in [-0.2, 0) is 13.1 Å². The molecule has 9 rings (SSSR count). The van der Waals surface area contributed by atoms with Crippen LogP contribution in [0.2, 0.25) is 0 Å². The molecule has 11 nitrogen and oxygen atoms in total. The van der Waals surface area contributed by atoms with E-state index >= 15 is 0 Å². The van der Waals surface area contributed by atoms with Crippen LogP contribution in [0.15, 0.2) is 100 Å². The number of nitrogens with one attached hydrogen (secondary N) is 2. The molecule has 1 aliphatic carbocycles. The minimum Gasteiger partial charge on any atom is -0.492 e. The third-order valence-corrected chi connectivity index (χ3v) is 13.6. The van der Waals surface area contributed by atoms with E-state index in [1.807, 2.05) is 86.6 Å².